The Morgan fingerprint density at radius 3 is 2.93 bits per heavy atom. The van der Waals surface area contributed by atoms with Crippen molar-refractivity contribution in [2.75, 3.05) is 13.2 Å². The van der Waals surface area contributed by atoms with E-state index in [0.29, 0.717) is 18.8 Å². The van der Waals surface area contributed by atoms with E-state index in [0.717, 1.165) is 61.7 Å². The van der Waals surface area contributed by atoms with E-state index in [1.165, 1.54) is 5.56 Å². The minimum Gasteiger partial charge on any atom is -0.465 e. The van der Waals surface area contributed by atoms with Gasteiger partial charge in [-0.2, -0.15) is 5.10 Å². The van der Waals surface area contributed by atoms with Crippen LogP contribution >= 0.6 is 0 Å². The van der Waals surface area contributed by atoms with Gasteiger partial charge in [-0.05, 0) is 50.5 Å². The molecule has 0 aliphatic carbocycles. The Kier molecular flexibility index (Phi) is 6.28. The van der Waals surface area contributed by atoms with Crippen LogP contribution < -0.4 is 0 Å². The van der Waals surface area contributed by atoms with Gasteiger partial charge >= 0.3 is 5.97 Å². The number of pyridine rings is 1. The summed E-state index contributed by atoms with van der Waals surface area (Å²) in [7, 11) is 0. The second kappa shape index (κ2) is 9.26. The summed E-state index contributed by atoms with van der Waals surface area (Å²) in [5.74, 6) is 1.52. The summed E-state index contributed by atoms with van der Waals surface area (Å²) in [6.45, 7) is 7.19. The number of hydrogen-bond acceptors (Lipinski definition) is 6. The third-order valence-corrected chi connectivity index (χ3v) is 5.42. The lowest BCUT2D eigenvalue weighted by molar-refractivity contribution is 0.0515. The van der Waals surface area contributed by atoms with E-state index in [1.807, 2.05) is 42.9 Å². The number of nitrogens with zero attached hydrogens (tertiary/aromatic N) is 4. The first-order chi connectivity index (χ1) is 14.6. The van der Waals surface area contributed by atoms with Crippen molar-refractivity contribution in [1.29, 1.82) is 0 Å². The maximum atomic E-state index is 12.6. The Hall–Kier alpha value is -2.93. The lowest BCUT2D eigenvalue weighted by atomic mass is 10.0. The summed E-state index contributed by atoms with van der Waals surface area (Å²) >= 11 is 0. The number of aryl methyl sites for hydroxylation is 3. The lowest BCUT2D eigenvalue weighted by Crippen LogP contribution is -2.31. The third kappa shape index (κ3) is 4.62. The summed E-state index contributed by atoms with van der Waals surface area (Å²) in [6, 6.07) is 8.04. The molecule has 4 rings (SSSR count). The van der Waals surface area contributed by atoms with E-state index in [9.17, 15) is 4.79 Å². The van der Waals surface area contributed by atoms with Gasteiger partial charge in [-0.15, -0.1) is 0 Å². The van der Waals surface area contributed by atoms with Gasteiger partial charge in [0.1, 0.15) is 11.5 Å². The van der Waals surface area contributed by atoms with E-state index < -0.39 is 0 Å². The highest BCUT2D eigenvalue weighted by molar-refractivity contribution is 5.89. The monoisotopic (exact) mass is 408 g/mol. The minimum atomic E-state index is -0.338. The molecular formula is C23H28N4O3. The zero-order valence-electron chi connectivity index (χ0n) is 17.6. The molecule has 0 bridgehead atoms. The van der Waals surface area contributed by atoms with Gasteiger partial charge in [0, 0.05) is 49.7 Å². The lowest BCUT2D eigenvalue weighted by Gasteiger charge is -2.26. The molecule has 3 aromatic heterocycles. The fourth-order valence-electron chi connectivity index (χ4n) is 4.00. The second-order valence-electron chi connectivity index (χ2n) is 7.66. The van der Waals surface area contributed by atoms with Crippen LogP contribution in [0.2, 0.25) is 0 Å². The highest BCUT2D eigenvalue weighted by Gasteiger charge is 2.29. The van der Waals surface area contributed by atoms with Gasteiger partial charge in [0.15, 0.2) is 5.69 Å². The van der Waals surface area contributed by atoms with Crippen molar-refractivity contribution in [3.05, 3.63) is 70.7 Å². The molecule has 0 amide bonds. The van der Waals surface area contributed by atoms with Crippen LogP contribution in [-0.4, -0.2) is 38.8 Å². The fourth-order valence-corrected chi connectivity index (χ4v) is 4.00. The number of esters is 1. The molecule has 0 aromatic carbocycles. The van der Waals surface area contributed by atoms with Crippen molar-refractivity contribution in [3.63, 3.8) is 0 Å². The first kappa shape index (κ1) is 20.3. The first-order valence-corrected chi connectivity index (χ1v) is 10.6. The van der Waals surface area contributed by atoms with Crippen molar-refractivity contribution in [2.45, 2.75) is 52.7 Å². The molecule has 0 saturated carbocycles. The van der Waals surface area contributed by atoms with E-state index in [2.05, 4.69) is 21.0 Å². The van der Waals surface area contributed by atoms with Gasteiger partial charge in [-0.1, -0.05) is 6.07 Å². The topological polar surface area (TPSA) is 73.4 Å². The SMILES string of the molecule is CCOC(=O)c1nn(CCCc2cccnc2)c2c1CN(Cc1ccc(C)o1)CC2. The molecule has 0 radical (unpaired) electrons. The van der Waals surface area contributed by atoms with Gasteiger partial charge in [0.25, 0.3) is 0 Å². The third-order valence-electron chi connectivity index (χ3n) is 5.42. The van der Waals surface area contributed by atoms with Crippen molar-refractivity contribution in [2.24, 2.45) is 0 Å². The van der Waals surface area contributed by atoms with Crippen LogP contribution in [0.3, 0.4) is 0 Å². The maximum Gasteiger partial charge on any atom is 0.359 e. The molecule has 4 heterocycles. The molecule has 0 spiro atoms. The van der Waals surface area contributed by atoms with Crippen molar-refractivity contribution in [3.8, 4) is 0 Å². The Morgan fingerprint density at radius 1 is 1.30 bits per heavy atom. The molecule has 0 atom stereocenters. The van der Waals surface area contributed by atoms with Crippen LogP contribution in [0.5, 0.6) is 0 Å². The van der Waals surface area contributed by atoms with Gasteiger partial charge in [-0.25, -0.2) is 4.79 Å². The van der Waals surface area contributed by atoms with Crippen LogP contribution in [0.25, 0.3) is 0 Å². The van der Waals surface area contributed by atoms with Gasteiger partial charge in [0.2, 0.25) is 0 Å². The average Bonchev–Trinajstić information content (AvgIpc) is 3.32. The number of carbonyl (C=O) groups is 1. The van der Waals surface area contributed by atoms with Gasteiger partial charge < -0.3 is 9.15 Å². The standard InChI is InChI=1S/C23H28N4O3/c1-3-29-23(28)22-20-16-26(15-19-9-8-17(2)30-19)13-10-21(20)27(25-22)12-5-7-18-6-4-11-24-14-18/h4,6,8-9,11,14H,3,5,7,10,12-13,15-16H2,1-2H3. The summed E-state index contributed by atoms with van der Waals surface area (Å²) in [4.78, 5) is 19.0. The van der Waals surface area contributed by atoms with Gasteiger partial charge in [0.05, 0.1) is 13.2 Å². The van der Waals surface area contributed by atoms with Crippen molar-refractivity contribution in [1.82, 2.24) is 19.7 Å². The van der Waals surface area contributed by atoms with E-state index in [-0.39, 0.29) is 5.97 Å². The summed E-state index contributed by atoms with van der Waals surface area (Å²) in [5.41, 5.74) is 3.80. The maximum absolute atomic E-state index is 12.6. The number of fused-ring (bicyclic) bond motifs is 1. The molecule has 7 nitrogen and oxygen atoms in total. The Bertz CT molecular complexity index is 993. The summed E-state index contributed by atoms with van der Waals surface area (Å²) in [6.07, 6.45) is 6.42. The molecule has 0 fully saturated rings. The van der Waals surface area contributed by atoms with Crippen LogP contribution in [0.15, 0.2) is 41.1 Å². The second-order valence-corrected chi connectivity index (χ2v) is 7.66. The Morgan fingerprint density at radius 2 is 2.20 bits per heavy atom. The molecule has 0 N–H and O–H groups in total. The van der Waals surface area contributed by atoms with E-state index in [1.54, 1.807) is 6.20 Å². The van der Waals surface area contributed by atoms with E-state index >= 15 is 0 Å². The normalized spacial score (nSPS) is 13.9. The van der Waals surface area contributed by atoms with Crippen molar-refractivity contribution < 1.29 is 13.9 Å². The highest BCUT2D eigenvalue weighted by atomic mass is 16.5. The number of ether oxygens (including phenoxy) is 1. The largest absolute Gasteiger partial charge is 0.465 e. The van der Waals surface area contributed by atoms with E-state index in [4.69, 9.17) is 9.15 Å². The molecule has 1 aliphatic heterocycles. The molecule has 30 heavy (non-hydrogen) atoms. The molecule has 158 valence electrons. The van der Waals surface area contributed by atoms with Crippen molar-refractivity contribution >= 4 is 5.97 Å². The summed E-state index contributed by atoms with van der Waals surface area (Å²) < 4.78 is 13.0. The molecule has 1 aliphatic rings. The number of aromatic nitrogens is 3. The summed E-state index contributed by atoms with van der Waals surface area (Å²) in [5, 5.41) is 4.66. The Labute approximate surface area is 176 Å². The van der Waals surface area contributed by atoms with Crippen LogP contribution in [0.1, 0.15) is 52.2 Å². The first-order valence-electron chi connectivity index (χ1n) is 10.6. The molecule has 7 heteroatoms. The number of carbonyl (C=O) groups excluding carboxylic acids is 1. The Balaban J connectivity index is 1.50. The number of rotatable bonds is 8. The zero-order valence-corrected chi connectivity index (χ0v) is 17.6. The minimum absolute atomic E-state index is 0.338. The predicted molar refractivity (Wildman–Crippen MR) is 112 cm³/mol. The molecular weight excluding hydrogens is 380 g/mol. The average molecular weight is 409 g/mol. The number of hydrogen-bond donors (Lipinski definition) is 0. The van der Waals surface area contributed by atoms with Gasteiger partial charge in [-0.3, -0.25) is 14.6 Å². The predicted octanol–water partition coefficient (Wildman–Crippen LogP) is 3.55. The highest BCUT2D eigenvalue weighted by Crippen LogP contribution is 2.25. The van der Waals surface area contributed by atoms with Crippen LogP contribution in [0, 0.1) is 6.92 Å². The number of furan rings is 1. The van der Waals surface area contributed by atoms with Crippen LogP contribution in [0.4, 0.5) is 0 Å². The smallest absolute Gasteiger partial charge is 0.359 e. The fraction of sp³-hybridized carbons (Fsp3) is 0.435. The quantitative estimate of drug-likeness (QED) is 0.531. The van der Waals surface area contributed by atoms with Crippen LogP contribution in [-0.2, 0) is 37.2 Å². The molecule has 0 unspecified atom stereocenters. The molecule has 3 aromatic rings. The zero-order chi connectivity index (χ0) is 20.9. The molecule has 0 saturated heterocycles.